The van der Waals surface area contributed by atoms with Crippen molar-refractivity contribution in [3.63, 3.8) is 0 Å². The van der Waals surface area contributed by atoms with Gasteiger partial charge in [0.15, 0.2) is 0 Å². The number of benzene rings is 6. The third kappa shape index (κ3) is 3.24. The van der Waals surface area contributed by atoms with E-state index in [0.717, 1.165) is 11.1 Å². The van der Waals surface area contributed by atoms with Crippen molar-refractivity contribution in [3.8, 4) is 11.1 Å². The minimum absolute atomic E-state index is 0.240. The topological polar surface area (TPSA) is 35.5 Å². The van der Waals surface area contributed by atoms with Crippen molar-refractivity contribution in [2.75, 3.05) is 14.2 Å². The molecule has 0 saturated heterocycles. The number of carbonyl (C=O) groups is 1. The summed E-state index contributed by atoms with van der Waals surface area (Å²) in [7, 11) is 2.99. The Kier molecular flexibility index (Phi) is 5.10. The highest BCUT2D eigenvalue weighted by atomic mass is 16.7. The van der Waals surface area contributed by atoms with E-state index in [1.807, 2.05) is 54.6 Å². The molecule has 0 unspecified atom stereocenters. The highest BCUT2D eigenvalue weighted by Crippen LogP contribution is 2.39. The van der Waals surface area contributed by atoms with Crippen LogP contribution in [0.2, 0.25) is 0 Å². The summed E-state index contributed by atoms with van der Waals surface area (Å²) in [6, 6.07) is 36.6. The molecule has 0 fully saturated rings. The molecular weight excluding hydrogens is 432 g/mol. The number of rotatable bonds is 6. The lowest BCUT2D eigenvalue weighted by atomic mass is 9.89. The van der Waals surface area contributed by atoms with E-state index in [2.05, 4.69) is 54.6 Å². The third-order valence-corrected chi connectivity index (χ3v) is 7.01. The second-order valence-corrected chi connectivity index (χ2v) is 8.77. The maximum absolute atomic E-state index is 13.6. The second kappa shape index (κ2) is 8.31. The smallest absolute Gasteiger partial charge is 0.260 e. The fourth-order valence-electron chi connectivity index (χ4n) is 5.27. The van der Waals surface area contributed by atoms with E-state index in [1.165, 1.54) is 46.5 Å². The van der Waals surface area contributed by atoms with Crippen molar-refractivity contribution in [2.45, 2.75) is 5.79 Å². The largest absolute Gasteiger partial charge is 0.343 e. The van der Waals surface area contributed by atoms with Gasteiger partial charge in [-0.15, -0.1) is 0 Å². The summed E-state index contributed by atoms with van der Waals surface area (Å²) in [6.07, 6.45) is 0. The molecule has 3 nitrogen and oxygen atoms in total. The quantitative estimate of drug-likeness (QED) is 0.147. The van der Waals surface area contributed by atoms with E-state index < -0.39 is 5.79 Å². The molecule has 0 bridgehead atoms. The lowest BCUT2D eigenvalue weighted by Gasteiger charge is -2.29. The summed E-state index contributed by atoms with van der Waals surface area (Å²) in [5.41, 5.74) is 3.38. The summed E-state index contributed by atoms with van der Waals surface area (Å²) in [5.74, 6) is -1.73. The first-order valence-electron chi connectivity index (χ1n) is 11.6. The molecule has 0 heterocycles. The SMILES string of the molecule is COC(OC)(C(=O)c1ccc(-c2ccc3ccc4cccc5ccc2c3c45)cc1)c1ccccc1. The van der Waals surface area contributed by atoms with Crippen LogP contribution in [0.4, 0.5) is 0 Å². The minimum atomic E-state index is -1.49. The Morgan fingerprint density at radius 2 is 1.20 bits per heavy atom. The van der Waals surface area contributed by atoms with Crippen LogP contribution in [0.25, 0.3) is 43.4 Å². The summed E-state index contributed by atoms with van der Waals surface area (Å²) >= 11 is 0. The van der Waals surface area contributed by atoms with Gasteiger partial charge in [-0.2, -0.15) is 0 Å². The molecule has 6 aromatic carbocycles. The highest BCUT2D eigenvalue weighted by molar-refractivity contribution is 6.25. The molecule has 0 aromatic heterocycles. The molecule has 0 atom stereocenters. The van der Waals surface area contributed by atoms with Crippen LogP contribution in [0, 0.1) is 0 Å². The van der Waals surface area contributed by atoms with Gasteiger partial charge in [0.05, 0.1) is 0 Å². The molecule has 0 aliphatic rings. The van der Waals surface area contributed by atoms with Crippen molar-refractivity contribution < 1.29 is 14.3 Å². The fourth-order valence-corrected chi connectivity index (χ4v) is 5.27. The van der Waals surface area contributed by atoms with Gasteiger partial charge in [-0.05, 0) is 43.4 Å². The minimum Gasteiger partial charge on any atom is -0.343 e. The van der Waals surface area contributed by atoms with Gasteiger partial charge in [-0.1, -0.05) is 109 Å². The average molecular weight is 457 g/mol. The first kappa shape index (κ1) is 21.5. The molecule has 0 spiro atoms. The van der Waals surface area contributed by atoms with Crippen LogP contribution in [0.15, 0.2) is 109 Å². The third-order valence-electron chi connectivity index (χ3n) is 7.01. The van der Waals surface area contributed by atoms with Gasteiger partial charge in [-0.3, -0.25) is 4.79 Å². The number of hydrogen-bond donors (Lipinski definition) is 0. The second-order valence-electron chi connectivity index (χ2n) is 8.77. The van der Waals surface area contributed by atoms with Crippen LogP contribution in [0.1, 0.15) is 15.9 Å². The summed E-state index contributed by atoms with van der Waals surface area (Å²) in [6.45, 7) is 0. The Bertz CT molecular complexity index is 1650. The predicted octanol–water partition coefficient (Wildman–Crippen LogP) is 7.58. The van der Waals surface area contributed by atoms with Crippen LogP contribution in [0.5, 0.6) is 0 Å². The first-order chi connectivity index (χ1) is 17.2. The molecule has 0 aliphatic carbocycles. The Morgan fingerprint density at radius 3 is 1.86 bits per heavy atom. The van der Waals surface area contributed by atoms with Crippen molar-refractivity contribution in [1.29, 1.82) is 0 Å². The van der Waals surface area contributed by atoms with Gasteiger partial charge in [0.2, 0.25) is 5.78 Å². The molecule has 6 aromatic rings. The molecule has 0 N–H and O–H groups in total. The summed E-state index contributed by atoms with van der Waals surface area (Å²) in [5, 5.41) is 7.50. The lowest BCUT2D eigenvalue weighted by Crippen LogP contribution is -2.39. The van der Waals surface area contributed by atoms with Crippen molar-refractivity contribution in [1.82, 2.24) is 0 Å². The van der Waals surface area contributed by atoms with Crippen molar-refractivity contribution >= 4 is 38.1 Å². The van der Waals surface area contributed by atoms with Crippen molar-refractivity contribution in [3.05, 3.63) is 120 Å². The Balaban J connectivity index is 1.45. The van der Waals surface area contributed by atoms with Gasteiger partial charge in [0.25, 0.3) is 5.79 Å². The Hall–Kier alpha value is -4.05. The Morgan fingerprint density at radius 1 is 0.600 bits per heavy atom. The molecule has 35 heavy (non-hydrogen) atoms. The molecule has 170 valence electrons. The van der Waals surface area contributed by atoms with Crippen molar-refractivity contribution in [2.24, 2.45) is 0 Å². The van der Waals surface area contributed by atoms with Crippen LogP contribution in [-0.4, -0.2) is 20.0 Å². The first-order valence-corrected chi connectivity index (χ1v) is 11.6. The summed E-state index contributed by atoms with van der Waals surface area (Å²) < 4.78 is 11.3. The van der Waals surface area contributed by atoms with Gasteiger partial charge in [-0.25, -0.2) is 0 Å². The predicted molar refractivity (Wildman–Crippen MR) is 142 cm³/mol. The van der Waals surface area contributed by atoms with E-state index >= 15 is 0 Å². The monoisotopic (exact) mass is 456 g/mol. The van der Waals surface area contributed by atoms with E-state index in [1.54, 1.807) is 0 Å². The van der Waals surface area contributed by atoms with Gasteiger partial charge in [0, 0.05) is 25.3 Å². The van der Waals surface area contributed by atoms with E-state index in [9.17, 15) is 4.79 Å². The zero-order valence-corrected chi connectivity index (χ0v) is 19.6. The van der Waals surface area contributed by atoms with E-state index in [-0.39, 0.29) is 5.78 Å². The van der Waals surface area contributed by atoms with Gasteiger partial charge < -0.3 is 9.47 Å². The van der Waals surface area contributed by atoms with E-state index in [0.29, 0.717) is 11.1 Å². The number of hydrogen-bond acceptors (Lipinski definition) is 3. The molecule has 0 radical (unpaired) electrons. The number of ketones is 1. The lowest BCUT2D eigenvalue weighted by molar-refractivity contribution is -0.176. The Labute approximate surface area is 203 Å². The van der Waals surface area contributed by atoms with Gasteiger partial charge in [0.1, 0.15) is 0 Å². The molecule has 3 heteroatoms. The summed E-state index contributed by atoms with van der Waals surface area (Å²) in [4.78, 5) is 13.6. The van der Waals surface area contributed by atoms with Crippen LogP contribution < -0.4 is 0 Å². The number of Topliss-reactive ketones (excluding diaryl/α,β-unsaturated/α-hetero) is 1. The number of carbonyl (C=O) groups excluding carboxylic acids is 1. The molecule has 0 aliphatic heterocycles. The maximum Gasteiger partial charge on any atom is 0.260 e. The number of ether oxygens (including phenoxy) is 2. The molecule has 0 saturated carbocycles. The fraction of sp³-hybridized carbons (Fsp3) is 0.0938. The molecule has 6 rings (SSSR count). The maximum atomic E-state index is 13.6. The van der Waals surface area contributed by atoms with E-state index in [4.69, 9.17) is 9.47 Å². The van der Waals surface area contributed by atoms with Gasteiger partial charge >= 0.3 is 0 Å². The standard InChI is InChI=1S/C32H24O3/c1-34-32(35-2,26-9-4-3-5-10-26)31(33)25-15-11-21(12-16-25)27-19-17-24-14-13-22-7-6-8-23-18-20-28(27)30(24)29(22)23/h3-20H,1-2H3. The van der Waals surface area contributed by atoms with Crippen LogP contribution in [0.3, 0.4) is 0 Å². The molecule has 0 amide bonds. The zero-order valence-electron chi connectivity index (χ0n) is 19.6. The average Bonchev–Trinajstić information content (AvgIpc) is 2.93. The van der Waals surface area contributed by atoms with Crippen LogP contribution >= 0.6 is 0 Å². The normalized spacial score (nSPS) is 12.1. The highest BCUT2D eigenvalue weighted by Gasteiger charge is 2.41. The van der Waals surface area contributed by atoms with Crippen LogP contribution in [-0.2, 0) is 15.3 Å². The molecular formula is C32H24O3. The zero-order chi connectivity index (χ0) is 24.0. The number of methoxy groups -OCH3 is 2.